The van der Waals surface area contributed by atoms with Gasteiger partial charge in [0.1, 0.15) is 5.84 Å². The number of amides is 1. The van der Waals surface area contributed by atoms with Crippen LogP contribution in [-0.2, 0) is 4.79 Å². The Bertz CT molecular complexity index is 1050. The minimum atomic E-state index is -0.389. The molecule has 0 saturated heterocycles. The van der Waals surface area contributed by atoms with E-state index in [0.717, 1.165) is 22.6 Å². The van der Waals surface area contributed by atoms with Crippen LogP contribution in [0.1, 0.15) is 17.0 Å². The second kappa shape index (κ2) is 6.30. The van der Waals surface area contributed by atoms with E-state index in [-0.39, 0.29) is 17.3 Å². The van der Waals surface area contributed by atoms with Gasteiger partial charge in [-0.3, -0.25) is 15.1 Å². The number of carbonyl (C=O) groups is 1. The highest BCUT2D eigenvalue weighted by Crippen LogP contribution is 2.30. The quantitative estimate of drug-likeness (QED) is 0.776. The fourth-order valence-electron chi connectivity index (χ4n) is 3.12. The molecule has 0 radical (unpaired) electrons. The highest BCUT2D eigenvalue weighted by molar-refractivity contribution is 8.16. The third-order valence-corrected chi connectivity index (χ3v) is 5.45. The molecule has 0 bridgehead atoms. The van der Waals surface area contributed by atoms with E-state index in [0.29, 0.717) is 10.2 Å². The van der Waals surface area contributed by atoms with Crippen LogP contribution >= 0.6 is 23.4 Å². The predicted octanol–water partition coefficient (Wildman–Crippen LogP) is 4.52. The molecule has 0 unspecified atom stereocenters. The number of nitrogens with zero attached hydrogens (tertiary/aromatic N) is 3. The maximum absolute atomic E-state index is 12.4. The van der Waals surface area contributed by atoms with Gasteiger partial charge in [-0.05, 0) is 49.1 Å². The first-order valence-electron chi connectivity index (χ1n) is 7.97. The van der Waals surface area contributed by atoms with Crippen molar-refractivity contribution in [2.24, 2.45) is 4.99 Å². The molecule has 130 valence electrons. The number of hydrogen-bond acceptors (Lipinski definition) is 3. The molecule has 0 atom stereocenters. The van der Waals surface area contributed by atoms with Crippen LogP contribution in [0.15, 0.2) is 52.5 Å². The molecule has 7 heteroatoms. The standard InChI is InChI=1S/C19H15ClN4OS/c1-11-9-13(12(2)24(11)16-6-4-3-5-15(16)20)10-14-17(21)23-7-8-26-19(23)22-18(14)25/h3-10,21H,1-2H3/b14-10-,21-17?. The van der Waals surface area contributed by atoms with E-state index < -0.39 is 0 Å². The summed E-state index contributed by atoms with van der Waals surface area (Å²) in [4.78, 5) is 18.1. The number of halogens is 1. The lowest BCUT2D eigenvalue weighted by Gasteiger charge is -2.22. The number of benzene rings is 1. The Morgan fingerprint density at radius 3 is 2.81 bits per heavy atom. The summed E-state index contributed by atoms with van der Waals surface area (Å²) in [6.45, 7) is 3.96. The zero-order valence-electron chi connectivity index (χ0n) is 14.2. The number of hydrogen-bond donors (Lipinski definition) is 1. The van der Waals surface area contributed by atoms with Crippen molar-refractivity contribution in [2.75, 3.05) is 0 Å². The molecule has 4 rings (SSSR count). The molecule has 0 aliphatic carbocycles. The molecule has 2 aliphatic heterocycles. The summed E-state index contributed by atoms with van der Waals surface area (Å²) in [6, 6.07) is 9.62. The summed E-state index contributed by atoms with van der Waals surface area (Å²) < 4.78 is 2.05. The number of carbonyl (C=O) groups excluding carboxylic acids is 1. The van der Waals surface area contributed by atoms with Crippen molar-refractivity contribution in [3.05, 3.63) is 69.5 Å². The molecule has 0 spiro atoms. The van der Waals surface area contributed by atoms with Crippen LogP contribution in [0.5, 0.6) is 0 Å². The monoisotopic (exact) mass is 382 g/mol. The van der Waals surface area contributed by atoms with Gasteiger partial charge in [-0.1, -0.05) is 35.5 Å². The molecule has 3 heterocycles. The van der Waals surface area contributed by atoms with Gasteiger partial charge >= 0.3 is 0 Å². The van der Waals surface area contributed by atoms with Crippen LogP contribution in [0.2, 0.25) is 5.02 Å². The van der Waals surface area contributed by atoms with Crippen molar-refractivity contribution in [1.29, 1.82) is 5.41 Å². The second-order valence-corrected chi connectivity index (χ2v) is 7.27. The molecule has 0 saturated carbocycles. The molecule has 1 amide bonds. The van der Waals surface area contributed by atoms with Crippen molar-refractivity contribution >= 4 is 46.3 Å². The summed E-state index contributed by atoms with van der Waals surface area (Å²) >= 11 is 7.69. The van der Waals surface area contributed by atoms with Crippen LogP contribution < -0.4 is 0 Å². The normalized spacial score (nSPS) is 17.9. The number of aliphatic imine (C=N–C) groups is 1. The fourth-order valence-corrected chi connectivity index (χ4v) is 4.05. The van der Waals surface area contributed by atoms with Crippen LogP contribution in [0.4, 0.5) is 0 Å². The number of aromatic nitrogens is 1. The number of amidine groups is 2. The lowest BCUT2D eigenvalue weighted by molar-refractivity contribution is -0.114. The molecule has 5 nitrogen and oxygen atoms in total. The summed E-state index contributed by atoms with van der Waals surface area (Å²) in [7, 11) is 0. The highest BCUT2D eigenvalue weighted by atomic mass is 35.5. The first kappa shape index (κ1) is 16.9. The Kier molecular flexibility index (Phi) is 4.09. The second-order valence-electron chi connectivity index (χ2n) is 5.99. The zero-order valence-corrected chi connectivity index (χ0v) is 15.7. The van der Waals surface area contributed by atoms with E-state index in [1.807, 2.05) is 54.2 Å². The third-order valence-electron chi connectivity index (χ3n) is 4.38. The zero-order chi connectivity index (χ0) is 18.4. The van der Waals surface area contributed by atoms with Gasteiger partial charge in [-0.2, -0.15) is 4.99 Å². The average molecular weight is 383 g/mol. The van der Waals surface area contributed by atoms with Crippen molar-refractivity contribution < 1.29 is 4.79 Å². The molecule has 1 aromatic carbocycles. The minimum Gasteiger partial charge on any atom is -0.316 e. The minimum absolute atomic E-state index is 0.142. The van der Waals surface area contributed by atoms with E-state index in [1.54, 1.807) is 17.2 Å². The van der Waals surface area contributed by atoms with Crippen molar-refractivity contribution in [1.82, 2.24) is 9.47 Å². The SMILES string of the molecule is Cc1cc(/C=C2/C(=N)N3C=CSC3=NC2=O)c(C)n1-c1ccccc1Cl. The Balaban J connectivity index is 1.81. The van der Waals surface area contributed by atoms with Crippen LogP contribution in [0.25, 0.3) is 11.8 Å². The number of thioether (sulfide) groups is 1. The van der Waals surface area contributed by atoms with Crippen LogP contribution in [0, 0.1) is 19.3 Å². The average Bonchev–Trinajstić information content (AvgIpc) is 3.17. The molecule has 2 aromatic rings. The molecule has 2 aliphatic rings. The van der Waals surface area contributed by atoms with Gasteiger partial charge < -0.3 is 4.57 Å². The third kappa shape index (κ3) is 2.62. The summed E-state index contributed by atoms with van der Waals surface area (Å²) in [6.07, 6.45) is 3.48. The van der Waals surface area contributed by atoms with Crippen molar-refractivity contribution in [2.45, 2.75) is 13.8 Å². The van der Waals surface area contributed by atoms with Crippen LogP contribution in [0.3, 0.4) is 0 Å². The summed E-state index contributed by atoms with van der Waals surface area (Å²) in [5.41, 5.74) is 3.98. The molecule has 1 aromatic heterocycles. The molecular weight excluding hydrogens is 368 g/mol. The largest absolute Gasteiger partial charge is 0.316 e. The smallest absolute Gasteiger partial charge is 0.283 e. The van der Waals surface area contributed by atoms with Crippen molar-refractivity contribution in [3.8, 4) is 5.69 Å². The van der Waals surface area contributed by atoms with Gasteiger partial charge in [-0.25, -0.2) is 0 Å². The molecular formula is C19H15ClN4OS. The lowest BCUT2D eigenvalue weighted by atomic mass is 10.1. The number of fused-ring (bicyclic) bond motifs is 1. The number of rotatable bonds is 2. The van der Waals surface area contributed by atoms with Gasteiger partial charge in [0.15, 0.2) is 5.17 Å². The van der Waals surface area contributed by atoms with Crippen LogP contribution in [-0.4, -0.2) is 26.4 Å². The highest BCUT2D eigenvalue weighted by Gasteiger charge is 2.31. The van der Waals surface area contributed by atoms with Crippen molar-refractivity contribution in [3.63, 3.8) is 0 Å². The van der Waals surface area contributed by atoms with E-state index in [9.17, 15) is 4.79 Å². The maximum Gasteiger partial charge on any atom is 0.283 e. The number of para-hydroxylation sites is 1. The first-order valence-corrected chi connectivity index (χ1v) is 9.23. The van der Waals surface area contributed by atoms with Gasteiger partial charge in [0.25, 0.3) is 5.91 Å². The fraction of sp³-hybridized carbons (Fsp3) is 0.105. The predicted molar refractivity (Wildman–Crippen MR) is 107 cm³/mol. The molecule has 0 fully saturated rings. The number of aryl methyl sites for hydroxylation is 1. The Morgan fingerprint density at radius 1 is 1.27 bits per heavy atom. The Hall–Kier alpha value is -2.57. The lowest BCUT2D eigenvalue weighted by Crippen LogP contribution is -2.35. The molecule has 1 N–H and O–H groups in total. The summed E-state index contributed by atoms with van der Waals surface area (Å²) in [5.74, 6) is -0.246. The van der Waals surface area contributed by atoms with E-state index >= 15 is 0 Å². The Labute approximate surface area is 160 Å². The Morgan fingerprint density at radius 2 is 2.04 bits per heavy atom. The van der Waals surface area contributed by atoms with E-state index in [2.05, 4.69) is 4.99 Å². The molecule has 26 heavy (non-hydrogen) atoms. The van der Waals surface area contributed by atoms with Gasteiger partial charge in [0.05, 0.1) is 16.3 Å². The van der Waals surface area contributed by atoms with Gasteiger partial charge in [0, 0.05) is 17.6 Å². The summed E-state index contributed by atoms with van der Waals surface area (Å²) in [5, 5.41) is 11.3. The van der Waals surface area contributed by atoms with Gasteiger partial charge in [0.2, 0.25) is 0 Å². The maximum atomic E-state index is 12.4. The first-order chi connectivity index (χ1) is 12.5. The number of nitrogens with one attached hydrogen (secondary N) is 1. The van der Waals surface area contributed by atoms with Gasteiger partial charge in [-0.15, -0.1) is 0 Å². The topological polar surface area (TPSA) is 61.5 Å². The van der Waals surface area contributed by atoms with E-state index in [4.69, 9.17) is 17.0 Å². The van der Waals surface area contributed by atoms with E-state index in [1.165, 1.54) is 11.8 Å².